The lowest BCUT2D eigenvalue weighted by molar-refractivity contribution is 0.265. The number of rotatable bonds is 6. The zero-order valence-corrected chi connectivity index (χ0v) is 17.1. The Morgan fingerprint density at radius 1 is 1.10 bits per heavy atom. The van der Waals surface area contributed by atoms with Crippen LogP contribution in [0.15, 0.2) is 82.8 Å². The van der Waals surface area contributed by atoms with Gasteiger partial charge >= 0.3 is 0 Å². The number of nitrogens with one attached hydrogen (secondary N) is 1. The van der Waals surface area contributed by atoms with Gasteiger partial charge in [0.05, 0.1) is 23.4 Å². The zero-order chi connectivity index (χ0) is 20.8. The van der Waals surface area contributed by atoms with Crippen LogP contribution in [0.4, 0.5) is 10.5 Å². The number of carbonyl (C=O) groups is 1. The van der Waals surface area contributed by atoms with Crippen LogP contribution in [0.1, 0.15) is 11.3 Å². The number of amides is 1. The molecule has 150 valence electrons. The second-order valence-electron chi connectivity index (χ2n) is 6.33. The van der Waals surface area contributed by atoms with Crippen LogP contribution >= 0.6 is 11.8 Å². The molecule has 4 rings (SSSR count). The highest BCUT2D eigenvalue weighted by Gasteiger charge is 2.24. The largest absolute Gasteiger partial charge is 0.497 e. The van der Waals surface area contributed by atoms with Crippen molar-refractivity contribution in [3.63, 3.8) is 0 Å². The van der Waals surface area contributed by atoms with E-state index >= 15 is 0 Å². The minimum atomic E-state index is -0.171. The zero-order valence-electron chi connectivity index (χ0n) is 16.2. The number of benzene rings is 2. The number of aromatic nitrogens is 1. The first-order valence-electron chi connectivity index (χ1n) is 9.26. The highest BCUT2D eigenvalue weighted by Crippen LogP contribution is 2.31. The lowest BCUT2D eigenvalue weighted by Crippen LogP contribution is -2.18. The van der Waals surface area contributed by atoms with E-state index in [1.54, 1.807) is 13.3 Å². The number of hydrogen-bond donors (Lipinski definition) is 1. The molecule has 0 spiro atoms. The minimum absolute atomic E-state index is 0.171. The van der Waals surface area contributed by atoms with Gasteiger partial charge in [-0.05, 0) is 48.2 Å². The Morgan fingerprint density at radius 3 is 2.80 bits per heavy atom. The SMILES string of the molecule is COc1cccc(N=C2NC(=O)S/C2=C/c2ccccc2OCc2ccccn2)c1. The molecule has 30 heavy (non-hydrogen) atoms. The number of nitrogens with zero attached hydrogens (tertiary/aromatic N) is 2. The molecule has 2 heterocycles. The van der Waals surface area contributed by atoms with Gasteiger partial charge in [-0.25, -0.2) is 4.99 Å². The first-order valence-corrected chi connectivity index (χ1v) is 10.1. The van der Waals surface area contributed by atoms with Gasteiger partial charge < -0.3 is 14.8 Å². The highest BCUT2D eigenvalue weighted by atomic mass is 32.2. The molecule has 0 saturated carbocycles. The molecule has 1 fully saturated rings. The van der Waals surface area contributed by atoms with E-state index in [1.807, 2.05) is 72.8 Å². The molecule has 0 atom stereocenters. The molecule has 2 aromatic carbocycles. The number of methoxy groups -OCH3 is 1. The molecule has 3 aromatic rings. The summed E-state index contributed by atoms with van der Waals surface area (Å²) < 4.78 is 11.2. The Balaban J connectivity index is 1.61. The fourth-order valence-corrected chi connectivity index (χ4v) is 3.56. The van der Waals surface area contributed by atoms with Crippen molar-refractivity contribution in [1.29, 1.82) is 0 Å². The van der Waals surface area contributed by atoms with E-state index < -0.39 is 0 Å². The molecule has 0 aliphatic carbocycles. The summed E-state index contributed by atoms with van der Waals surface area (Å²) in [5, 5.41) is 2.63. The Morgan fingerprint density at radius 2 is 1.97 bits per heavy atom. The van der Waals surface area contributed by atoms with Crippen LogP contribution in [-0.2, 0) is 6.61 Å². The van der Waals surface area contributed by atoms with Crippen molar-refractivity contribution in [1.82, 2.24) is 10.3 Å². The Hall–Kier alpha value is -3.58. The summed E-state index contributed by atoms with van der Waals surface area (Å²) in [6, 6.07) is 20.7. The van der Waals surface area contributed by atoms with Gasteiger partial charge in [-0.3, -0.25) is 9.78 Å². The predicted octanol–water partition coefficient (Wildman–Crippen LogP) is 5.20. The molecular weight excluding hydrogens is 398 g/mol. The van der Waals surface area contributed by atoms with Gasteiger partial charge in [-0.15, -0.1) is 0 Å². The third kappa shape index (κ3) is 4.87. The van der Waals surface area contributed by atoms with Crippen molar-refractivity contribution in [3.05, 3.63) is 89.1 Å². The molecule has 1 aliphatic rings. The second-order valence-corrected chi connectivity index (χ2v) is 7.35. The summed E-state index contributed by atoms with van der Waals surface area (Å²) in [4.78, 5) is 21.6. The molecular formula is C23H19N3O3S. The number of carbonyl (C=O) groups excluding carboxylic acids is 1. The summed E-state index contributed by atoms with van der Waals surface area (Å²) in [5.74, 6) is 1.90. The maximum Gasteiger partial charge on any atom is 0.289 e. The van der Waals surface area contributed by atoms with Gasteiger partial charge in [-0.2, -0.15) is 0 Å². The van der Waals surface area contributed by atoms with Crippen molar-refractivity contribution < 1.29 is 14.3 Å². The van der Waals surface area contributed by atoms with E-state index in [0.29, 0.717) is 29.6 Å². The van der Waals surface area contributed by atoms with E-state index in [0.717, 1.165) is 27.9 Å². The van der Waals surface area contributed by atoms with Crippen molar-refractivity contribution in [3.8, 4) is 11.5 Å². The third-order valence-electron chi connectivity index (χ3n) is 4.26. The predicted molar refractivity (Wildman–Crippen MR) is 119 cm³/mol. The summed E-state index contributed by atoms with van der Waals surface area (Å²) in [6.45, 7) is 0.357. The molecule has 1 N–H and O–H groups in total. The molecule has 0 bridgehead atoms. The van der Waals surface area contributed by atoms with Crippen LogP contribution in [0.5, 0.6) is 11.5 Å². The number of thioether (sulfide) groups is 1. The quantitative estimate of drug-likeness (QED) is 0.597. The Bertz CT molecular complexity index is 1110. The summed E-state index contributed by atoms with van der Waals surface area (Å²) in [7, 11) is 1.60. The molecule has 0 unspecified atom stereocenters. The average Bonchev–Trinajstić information content (AvgIpc) is 3.12. The standard InChI is InChI=1S/C23H19N3O3S/c1-28-19-10-6-9-17(14-19)25-22-21(30-23(27)26-22)13-16-7-2-3-11-20(16)29-15-18-8-4-5-12-24-18/h2-14H,15H2,1H3,(H,25,26,27)/b21-13+. The first-order chi connectivity index (χ1) is 14.7. The van der Waals surface area contributed by atoms with Crippen LogP contribution in [0.25, 0.3) is 6.08 Å². The van der Waals surface area contributed by atoms with Gasteiger partial charge in [0.2, 0.25) is 0 Å². The van der Waals surface area contributed by atoms with E-state index in [9.17, 15) is 4.79 Å². The van der Waals surface area contributed by atoms with Crippen LogP contribution < -0.4 is 14.8 Å². The topological polar surface area (TPSA) is 72.8 Å². The number of pyridine rings is 1. The van der Waals surface area contributed by atoms with E-state index in [1.165, 1.54) is 0 Å². The molecule has 6 nitrogen and oxygen atoms in total. The van der Waals surface area contributed by atoms with Crippen LogP contribution in [0, 0.1) is 0 Å². The second kappa shape index (κ2) is 9.28. The monoisotopic (exact) mass is 417 g/mol. The number of ether oxygens (including phenoxy) is 2. The van der Waals surface area contributed by atoms with Crippen LogP contribution in [0.2, 0.25) is 0 Å². The fourth-order valence-electron chi connectivity index (χ4n) is 2.83. The number of para-hydroxylation sites is 1. The smallest absolute Gasteiger partial charge is 0.289 e. The number of amidine groups is 1. The van der Waals surface area contributed by atoms with Gasteiger partial charge in [0.1, 0.15) is 23.9 Å². The van der Waals surface area contributed by atoms with Crippen molar-refractivity contribution in [2.24, 2.45) is 4.99 Å². The van der Waals surface area contributed by atoms with Gasteiger partial charge in [0.15, 0.2) is 0 Å². The lowest BCUT2D eigenvalue weighted by atomic mass is 10.2. The Labute approximate surface area is 178 Å². The molecule has 1 aromatic heterocycles. The lowest BCUT2D eigenvalue weighted by Gasteiger charge is -2.09. The Kier molecular flexibility index (Phi) is 6.10. The molecule has 1 saturated heterocycles. The van der Waals surface area contributed by atoms with Gasteiger partial charge in [-0.1, -0.05) is 30.3 Å². The maximum atomic E-state index is 12.0. The normalized spacial score (nSPS) is 16.0. The summed E-state index contributed by atoms with van der Waals surface area (Å²) in [5.41, 5.74) is 2.39. The first kappa shape index (κ1) is 19.7. The average molecular weight is 417 g/mol. The van der Waals surface area contributed by atoms with Crippen molar-refractivity contribution in [2.45, 2.75) is 6.61 Å². The fraction of sp³-hybridized carbons (Fsp3) is 0.0870. The molecule has 1 amide bonds. The van der Waals surface area contributed by atoms with Crippen molar-refractivity contribution >= 4 is 34.6 Å². The van der Waals surface area contributed by atoms with E-state index in [2.05, 4.69) is 15.3 Å². The number of aliphatic imine (C=N–C) groups is 1. The van der Waals surface area contributed by atoms with E-state index in [-0.39, 0.29) is 5.24 Å². The minimum Gasteiger partial charge on any atom is -0.497 e. The van der Waals surface area contributed by atoms with Crippen LogP contribution in [0.3, 0.4) is 0 Å². The van der Waals surface area contributed by atoms with Crippen molar-refractivity contribution in [2.75, 3.05) is 7.11 Å². The van der Waals surface area contributed by atoms with Gasteiger partial charge in [0, 0.05) is 17.8 Å². The maximum absolute atomic E-state index is 12.0. The van der Waals surface area contributed by atoms with E-state index in [4.69, 9.17) is 9.47 Å². The summed E-state index contributed by atoms with van der Waals surface area (Å²) >= 11 is 1.10. The van der Waals surface area contributed by atoms with Gasteiger partial charge in [0.25, 0.3) is 5.24 Å². The molecule has 0 radical (unpaired) electrons. The third-order valence-corrected chi connectivity index (χ3v) is 5.08. The molecule has 1 aliphatic heterocycles. The highest BCUT2D eigenvalue weighted by molar-refractivity contribution is 8.18. The van der Waals surface area contributed by atoms with Crippen LogP contribution in [-0.4, -0.2) is 23.2 Å². The molecule has 7 heteroatoms. The number of hydrogen-bond acceptors (Lipinski definition) is 6. The summed E-state index contributed by atoms with van der Waals surface area (Å²) in [6.07, 6.45) is 3.63.